The SMILES string of the molecule is C=CC(=C)Oc1ccc(C(C)(C)c2cc(C(C)(C)c3ccc(OC(=O)C=C)cc3)cc(C(C)(C)c3ccc(OC(=O)C=C)cc3)c2)cc1. The lowest BCUT2D eigenvalue weighted by Gasteiger charge is -2.35. The Bertz CT molecular complexity index is 1610. The maximum absolute atomic E-state index is 11.8. The smallest absolute Gasteiger partial charge is 0.335 e. The van der Waals surface area contributed by atoms with Gasteiger partial charge in [-0.25, -0.2) is 9.59 Å². The number of hydrogen-bond donors (Lipinski definition) is 0. The summed E-state index contributed by atoms with van der Waals surface area (Å²) in [4.78, 5) is 23.5. The first-order valence-electron chi connectivity index (χ1n) is 15.8. The van der Waals surface area contributed by atoms with Crippen molar-refractivity contribution in [3.8, 4) is 17.2 Å². The third-order valence-electron chi connectivity index (χ3n) is 9.07. The van der Waals surface area contributed by atoms with E-state index in [4.69, 9.17) is 14.2 Å². The van der Waals surface area contributed by atoms with Gasteiger partial charge in [0.1, 0.15) is 23.0 Å². The normalized spacial score (nSPS) is 11.6. The first-order chi connectivity index (χ1) is 22.6. The van der Waals surface area contributed by atoms with Crippen LogP contribution in [-0.2, 0) is 25.8 Å². The van der Waals surface area contributed by atoms with E-state index in [1.807, 2.05) is 60.7 Å². The molecular weight excluding hydrogens is 596 g/mol. The lowest BCUT2D eigenvalue weighted by molar-refractivity contribution is -0.129. The molecule has 0 aliphatic heterocycles. The summed E-state index contributed by atoms with van der Waals surface area (Å²) in [5.74, 6) is 1.11. The van der Waals surface area contributed by atoms with Crippen LogP contribution in [0.1, 0.15) is 74.9 Å². The first kappa shape index (κ1) is 35.4. The minimum atomic E-state index is -0.499. The average molecular weight is 641 g/mol. The van der Waals surface area contributed by atoms with Crippen molar-refractivity contribution in [1.82, 2.24) is 0 Å². The van der Waals surface area contributed by atoms with Crippen LogP contribution in [0.3, 0.4) is 0 Å². The van der Waals surface area contributed by atoms with Gasteiger partial charge < -0.3 is 14.2 Å². The van der Waals surface area contributed by atoms with E-state index in [1.54, 1.807) is 6.08 Å². The molecule has 4 rings (SSSR count). The summed E-state index contributed by atoms with van der Waals surface area (Å²) in [7, 11) is 0. The number of allylic oxidation sites excluding steroid dienone is 1. The highest BCUT2D eigenvalue weighted by Crippen LogP contribution is 2.42. The molecule has 48 heavy (non-hydrogen) atoms. The summed E-state index contributed by atoms with van der Waals surface area (Å²) >= 11 is 0. The molecule has 0 aliphatic carbocycles. The third kappa shape index (κ3) is 7.75. The zero-order valence-corrected chi connectivity index (χ0v) is 28.8. The number of ether oxygens (including phenoxy) is 3. The topological polar surface area (TPSA) is 61.8 Å². The molecule has 0 saturated heterocycles. The number of carbonyl (C=O) groups excluding carboxylic acids is 2. The van der Waals surface area contributed by atoms with Crippen molar-refractivity contribution < 1.29 is 23.8 Å². The van der Waals surface area contributed by atoms with Crippen LogP contribution in [0.2, 0.25) is 0 Å². The molecule has 4 aromatic rings. The van der Waals surface area contributed by atoms with Gasteiger partial charge in [-0.2, -0.15) is 0 Å². The second-order valence-corrected chi connectivity index (χ2v) is 13.3. The van der Waals surface area contributed by atoms with Crippen molar-refractivity contribution in [3.05, 3.63) is 175 Å². The van der Waals surface area contributed by atoms with Crippen LogP contribution >= 0.6 is 0 Å². The standard InChI is InChI=1S/C43H44O5/c1-11-29(4)46-36-20-14-30(15-21-36)41(5,6)33-26-34(42(7,8)31-16-22-37(23-17-31)47-39(44)12-2)28-35(27-33)43(9,10)32-18-24-38(25-19-32)48-40(45)13-3/h11-28H,1-4H2,5-10H3. The molecule has 246 valence electrons. The molecule has 0 N–H and O–H groups in total. The van der Waals surface area contributed by atoms with E-state index in [0.29, 0.717) is 23.0 Å². The molecule has 0 unspecified atom stereocenters. The van der Waals surface area contributed by atoms with Gasteiger partial charge in [-0.1, -0.05) is 122 Å². The molecule has 0 radical (unpaired) electrons. The Kier molecular flexibility index (Phi) is 10.4. The van der Waals surface area contributed by atoms with E-state index in [0.717, 1.165) is 45.5 Å². The van der Waals surface area contributed by atoms with Crippen molar-refractivity contribution in [1.29, 1.82) is 0 Å². The molecule has 0 saturated carbocycles. The van der Waals surface area contributed by atoms with Crippen molar-refractivity contribution >= 4 is 11.9 Å². The number of carbonyl (C=O) groups is 2. The fourth-order valence-electron chi connectivity index (χ4n) is 5.54. The van der Waals surface area contributed by atoms with E-state index in [-0.39, 0.29) is 5.41 Å². The van der Waals surface area contributed by atoms with Crippen molar-refractivity contribution in [2.24, 2.45) is 0 Å². The molecule has 0 amide bonds. The summed E-state index contributed by atoms with van der Waals surface area (Å²) in [5, 5.41) is 0. The highest BCUT2D eigenvalue weighted by atomic mass is 16.5. The monoisotopic (exact) mass is 640 g/mol. The van der Waals surface area contributed by atoms with Gasteiger partial charge in [0.15, 0.2) is 0 Å². The molecule has 0 bridgehead atoms. The Hall–Kier alpha value is -5.42. The zero-order valence-electron chi connectivity index (χ0n) is 28.8. The lowest BCUT2D eigenvalue weighted by atomic mass is 9.69. The maximum Gasteiger partial charge on any atom is 0.335 e. The van der Waals surface area contributed by atoms with Gasteiger partial charge in [0.05, 0.1) is 0 Å². The van der Waals surface area contributed by atoms with Gasteiger partial charge in [0.25, 0.3) is 0 Å². The predicted octanol–water partition coefficient (Wildman–Crippen LogP) is 9.93. The van der Waals surface area contributed by atoms with E-state index >= 15 is 0 Å². The van der Waals surface area contributed by atoms with E-state index < -0.39 is 22.8 Å². The van der Waals surface area contributed by atoms with Crippen molar-refractivity contribution in [3.63, 3.8) is 0 Å². The predicted molar refractivity (Wildman–Crippen MR) is 194 cm³/mol. The molecule has 0 fully saturated rings. The Morgan fingerprint density at radius 1 is 0.458 bits per heavy atom. The molecule has 4 aromatic carbocycles. The van der Waals surface area contributed by atoms with E-state index in [2.05, 4.69) is 98.2 Å². The van der Waals surface area contributed by atoms with Crippen LogP contribution in [-0.4, -0.2) is 11.9 Å². The van der Waals surface area contributed by atoms with Gasteiger partial charge >= 0.3 is 11.9 Å². The molecular formula is C43H44O5. The van der Waals surface area contributed by atoms with Crippen LogP contribution in [0.25, 0.3) is 0 Å². The highest BCUT2D eigenvalue weighted by Gasteiger charge is 2.32. The van der Waals surface area contributed by atoms with Gasteiger partial charge in [0.2, 0.25) is 0 Å². The van der Waals surface area contributed by atoms with Crippen molar-refractivity contribution in [2.45, 2.75) is 57.8 Å². The number of esters is 2. The molecule has 0 spiro atoms. The van der Waals surface area contributed by atoms with Crippen LogP contribution in [0.5, 0.6) is 17.2 Å². The summed E-state index contributed by atoms with van der Waals surface area (Å²) in [6.07, 6.45) is 3.87. The Balaban J connectivity index is 1.83. The minimum Gasteiger partial charge on any atom is -0.458 e. The summed E-state index contributed by atoms with van der Waals surface area (Å²) < 4.78 is 16.4. The fourth-order valence-corrected chi connectivity index (χ4v) is 5.54. The summed E-state index contributed by atoms with van der Waals surface area (Å²) in [6, 6.07) is 30.1. The van der Waals surface area contributed by atoms with E-state index in [9.17, 15) is 9.59 Å². The number of hydrogen-bond acceptors (Lipinski definition) is 5. The summed E-state index contributed by atoms with van der Waals surface area (Å²) in [5.41, 5.74) is 5.46. The average Bonchev–Trinajstić information content (AvgIpc) is 3.08. The molecule has 0 aliphatic rings. The minimum absolute atomic E-state index is 0.379. The second kappa shape index (κ2) is 14.1. The van der Waals surface area contributed by atoms with Gasteiger partial charge in [-0.05, 0) is 75.9 Å². The third-order valence-corrected chi connectivity index (χ3v) is 9.07. The second-order valence-electron chi connectivity index (χ2n) is 13.3. The zero-order chi connectivity index (χ0) is 35.3. The van der Waals surface area contributed by atoms with Crippen molar-refractivity contribution in [2.75, 3.05) is 0 Å². The van der Waals surface area contributed by atoms with Crippen LogP contribution < -0.4 is 14.2 Å². The molecule has 0 heterocycles. The lowest BCUT2D eigenvalue weighted by Crippen LogP contribution is -2.26. The molecule has 5 nitrogen and oxygen atoms in total. The molecule has 0 atom stereocenters. The van der Waals surface area contributed by atoms with Gasteiger partial charge in [-0.15, -0.1) is 0 Å². The van der Waals surface area contributed by atoms with Gasteiger partial charge in [-0.3, -0.25) is 0 Å². The summed E-state index contributed by atoms with van der Waals surface area (Å²) in [6.45, 7) is 27.8. The quantitative estimate of drug-likeness (QED) is 0.0479. The Morgan fingerprint density at radius 3 is 0.979 bits per heavy atom. The molecule has 5 heteroatoms. The van der Waals surface area contributed by atoms with E-state index in [1.165, 1.54) is 0 Å². The first-order valence-corrected chi connectivity index (χ1v) is 15.8. The Labute approximate surface area is 284 Å². The molecule has 0 aromatic heterocycles. The maximum atomic E-state index is 11.8. The Morgan fingerprint density at radius 2 is 0.729 bits per heavy atom. The highest BCUT2D eigenvalue weighted by molar-refractivity contribution is 5.83. The number of benzene rings is 4. The van der Waals surface area contributed by atoms with Crippen LogP contribution in [0, 0.1) is 0 Å². The fraction of sp³-hybridized carbons (Fsp3) is 0.209. The van der Waals surface area contributed by atoms with Crippen LogP contribution in [0.15, 0.2) is 141 Å². The van der Waals surface area contributed by atoms with Crippen LogP contribution in [0.4, 0.5) is 0 Å². The largest absolute Gasteiger partial charge is 0.458 e. The van der Waals surface area contributed by atoms with Gasteiger partial charge in [0, 0.05) is 28.4 Å². The number of rotatable bonds is 13.